The quantitative estimate of drug-likeness (QED) is 0.716. The fourth-order valence-corrected chi connectivity index (χ4v) is 5.00. The summed E-state index contributed by atoms with van der Waals surface area (Å²) in [6.07, 6.45) is 2.69. The van der Waals surface area contributed by atoms with Gasteiger partial charge >= 0.3 is 0 Å². The Labute approximate surface area is 148 Å². The number of carbonyl (C=O) groups is 1. The maximum atomic E-state index is 12.7. The summed E-state index contributed by atoms with van der Waals surface area (Å²) in [5.74, 6) is 0.543. The Bertz CT molecular complexity index is 831. The van der Waals surface area contributed by atoms with Crippen LogP contribution in [0.1, 0.15) is 46.1 Å². The van der Waals surface area contributed by atoms with Crippen LogP contribution >= 0.6 is 22.9 Å². The van der Waals surface area contributed by atoms with E-state index in [2.05, 4.69) is 27.8 Å². The molecular formula is C17H18N4OS2. The normalized spacial score (nSPS) is 16.0. The Balaban J connectivity index is 1.45. The molecule has 0 bridgehead atoms. The number of nitrogens with zero attached hydrogens (tertiary/aromatic N) is 4. The average Bonchev–Trinajstić information content (AvgIpc) is 3.27. The van der Waals surface area contributed by atoms with E-state index >= 15 is 0 Å². The van der Waals surface area contributed by atoms with Crippen LogP contribution in [-0.4, -0.2) is 38.5 Å². The molecule has 24 heavy (non-hydrogen) atoms. The zero-order valence-electron chi connectivity index (χ0n) is 13.4. The third-order valence-electron chi connectivity index (χ3n) is 4.53. The fraction of sp³-hybridized carbons (Fsp3) is 0.412. The van der Waals surface area contributed by atoms with Crippen molar-refractivity contribution in [1.82, 2.24) is 19.5 Å². The zero-order valence-corrected chi connectivity index (χ0v) is 15.1. The van der Waals surface area contributed by atoms with Crippen LogP contribution in [0, 0.1) is 0 Å². The number of hydrogen-bond acceptors (Lipinski definition) is 6. The first-order valence-electron chi connectivity index (χ1n) is 8.22. The molecule has 5 nitrogen and oxygen atoms in total. The topological polar surface area (TPSA) is 59.0 Å². The molecule has 0 spiro atoms. The molecule has 0 atom stereocenters. The van der Waals surface area contributed by atoms with Crippen LogP contribution in [0.2, 0.25) is 0 Å². The van der Waals surface area contributed by atoms with E-state index < -0.39 is 0 Å². The van der Waals surface area contributed by atoms with E-state index in [0.717, 1.165) is 43.6 Å². The van der Waals surface area contributed by atoms with Gasteiger partial charge in [0.2, 0.25) is 0 Å². The molecule has 0 aliphatic carbocycles. The molecule has 3 aromatic rings. The standard InChI is InChI=1S/C17H18N4OS2/c1-2-12-15(24-20-19-12)17(22)21-9-7-11(8-10-21)16-18-13-5-3-4-6-14(13)23-16/h3-6,11H,2,7-10H2,1H3. The molecule has 1 aliphatic rings. The zero-order chi connectivity index (χ0) is 16.5. The first kappa shape index (κ1) is 15.7. The number of amides is 1. The van der Waals surface area contributed by atoms with Crippen molar-refractivity contribution in [3.8, 4) is 0 Å². The summed E-state index contributed by atoms with van der Waals surface area (Å²) in [5.41, 5.74) is 1.90. The van der Waals surface area contributed by atoms with Crippen molar-refractivity contribution in [2.75, 3.05) is 13.1 Å². The second-order valence-electron chi connectivity index (χ2n) is 5.99. The summed E-state index contributed by atoms with van der Waals surface area (Å²) >= 11 is 3.00. The molecule has 0 radical (unpaired) electrons. The molecule has 1 aromatic carbocycles. The minimum Gasteiger partial charge on any atom is -0.338 e. The van der Waals surface area contributed by atoms with Crippen molar-refractivity contribution < 1.29 is 4.79 Å². The van der Waals surface area contributed by atoms with Crippen LogP contribution in [0.15, 0.2) is 24.3 Å². The van der Waals surface area contributed by atoms with Crippen molar-refractivity contribution in [2.45, 2.75) is 32.1 Å². The van der Waals surface area contributed by atoms with Gasteiger partial charge in [0.15, 0.2) is 0 Å². The largest absolute Gasteiger partial charge is 0.338 e. The third-order valence-corrected chi connectivity index (χ3v) is 6.48. The Morgan fingerprint density at radius 3 is 2.83 bits per heavy atom. The van der Waals surface area contributed by atoms with Gasteiger partial charge in [-0.3, -0.25) is 4.79 Å². The van der Waals surface area contributed by atoms with E-state index in [1.165, 1.54) is 21.2 Å². The van der Waals surface area contributed by atoms with Crippen LogP contribution in [0.4, 0.5) is 0 Å². The molecule has 4 rings (SSSR count). The number of thiazole rings is 1. The van der Waals surface area contributed by atoms with Crippen molar-refractivity contribution >= 4 is 39.0 Å². The Morgan fingerprint density at radius 1 is 1.29 bits per heavy atom. The summed E-state index contributed by atoms with van der Waals surface area (Å²) in [5, 5.41) is 5.26. The van der Waals surface area contributed by atoms with E-state index in [0.29, 0.717) is 10.8 Å². The van der Waals surface area contributed by atoms with Crippen LogP contribution in [0.25, 0.3) is 10.2 Å². The second kappa shape index (κ2) is 6.57. The molecule has 0 unspecified atom stereocenters. The van der Waals surface area contributed by atoms with Crippen molar-refractivity contribution in [3.63, 3.8) is 0 Å². The highest BCUT2D eigenvalue weighted by Crippen LogP contribution is 2.34. The van der Waals surface area contributed by atoms with Gasteiger partial charge in [-0.2, -0.15) is 0 Å². The van der Waals surface area contributed by atoms with E-state index in [4.69, 9.17) is 4.98 Å². The third kappa shape index (κ3) is 2.82. The molecule has 124 valence electrons. The number of piperidine rings is 1. The second-order valence-corrected chi connectivity index (χ2v) is 7.80. The van der Waals surface area contributed by atoms with Gasteiger partial charge in [-0.25, -0.2) is 4.98 Å². The molecule has 1 saturated heterocycles. The van der Waals surface area contributed by atoms with Gasteiger partial charge in [0.05, 0.1) is 20.9 Å². The maximum absolute atomic E-state index is 12.7. The molecule has 0 N–H and O–H groups in total. The molecule has 0 saturated carbocycles. The van der Waals surface area contributed by atoms with Crippen molar-refractivity contribution in [3.05, 3.63) is 39.8 Å². The summed E-state index contributed by atoms with van der Waals surface area (Å²) in [6, 6.07) is 8.27. The molecule has 1 aliphatic heterocycles. The first-order chi connectivity index (χ1) is 11.8. The van der Waals surface area contributed by atoms with Crippen LogP contribution in [0.3, 0.4) is 0 Å². The fourth-order valence-electron chi connectivity index (χ4n) is 3.14. The number of fused-ring (bicyclic) bond motifs is 1. The number of rotatable bonds is 3. The molecule has 1 amide bonds. The predicted molar refractivity (Wildman–Crippen MR) is 96.8 cm³/mol. The maximum Gasteiger partial charge on any atom is 0.267 e. The van der Waals surface area contributed by atoms with Gasteiger partial charge < -0.3 is 4.90 Å². The van der Waals surface area contributed by atoms with Gasteiger partial charge in [-0.05, 0) is 42.9 Å². The number of aromatic nitrogens is 3. The Morgan fingerprint density at radius 2 is 2.08 bits per heavy atom. The van der Waals surface area contributed by atoms with Gasteiger partial charge in [0, 0.05) is 19.0 Å². The SMILES string of the molecule is CCc1nnsc1C(=O)N1CCC(c2nc3ccccc3s2)CC1. The molecular weight excluding hydrogens is 340 g/mol. The monoisotopic (exact) mass is 358 g/mol. The van der Waals surface area contributed by atoms with Gasteiger partial charge in [0.1, 0.15) is 4.88 Å². The lowest BCUT2D eigenvalue weighted by atomic mass is 9.97. The summed E-state index contributed by atoms with van der Waals surface area (Å²) in [7, 11) is 0. The van der Waals surface area contributed by atoms with E-state index in [-0.39, 0.29) is 5.91 Å². The van der Waals surface area contributed by atoms with Gasteiger partial charge in [-0.15, -0.1) is 16.4 Å². The van der Waals surface area contributed by atoms with E-state index in [9.17, 15) is 4.79 Å². The van der Waals surface area contributed by atoms with E-state index in [1.54, 1.807) is 11.3 Å². The molecule has 7 heteroatoms. The smallest absolute Gasteiger partial charge is 0.267 e. The number of para-hydroxylation sites is 1. The molecule has 3 heterocycles. The van der Waals surface area contributed by atoms with Crippen LogP contribution < -0.4 is 0 Å². The summed E-state index contributed by atoms with van der Waals surface area (Å²) < 4.78 is 5.18. The lowest BCUT2D eigenvalue weighted by molar-refractivity contribution is 0.0716. The molecule has 2 aromatic heterocycles. The van der Waals surface area contributed by atoms with Crippen LogP contribution in [0.5, 0.6) is 0 Å². The van der Waals surface area contributed by atoms with Gasteiger partial charge in [0.25, 0.3) is 5.91 Å². The predicted octanol–water partition coefficient (Wildman–Crippen LogP) is 3.73. The Kier molecular flexibility index (Phi) is 4.28. The van der Waals surface area contributed by atoms with Crippen LogP contribution in [-0.2, 0) is 6.42 Å². The minimum absolute atomic E-state index is 0.0876. The van der Waals surface area contributed by atoms with Crippen molar-refractivity contribution in [1.29, 1.82) is 0 Å². The van der Waals surface area contributed by atoms with Crippen molar-refractivity contribution in [2.24, 2.45) is 0 Å². The first-order valence-corrected chi connectivity index (χ1v) is 9.81. The summed E-state index contributed by atoms with van der Waals surface area (Å²) in [6.45, 7) is 3.56. The Hall–Kier alpha value is -1.86. The lowest BCUT2D eigenvalue weighted by Gasteiger charge is -2.30. The highest BCUT2D eigenvalue weighted by molar-refractivity contribution is 7.18. The minimum atomic E-state index is 0.0876. The van der Waals surface area contributed by atoms with E-state index in [1.807, 2.05) is 17.9 Å². The lowest BCUT2D eigenvalue weighted by Crippen LogP contribution is -2.37. The summed E-state index contributed by atoms with van der Waals surface area (Å²) in [4.78, 5) is 20.1. The number of carbonyl (C=O) groups excluding carboxylic acids is 1. The highest BCUT2D eigenvalue weighted by Gasteiger charge is 2.28. The highest BCUT2D eigenvalue weighted by atomic mass is 32.1. The number of aryl methyl sites for hydroxylation is 1. The number of hydrogen-bond donors (Lipinski definition) is 0. The number of likely N-dealkylation sites (tertiary alicyclic amines) is 1. The number of benzene rings is 1. The van der Waals surface area contributed by atoms with Gasteiger partial charge in [-0.1, -0.05) is 23.5 Å². The molecule has 1 fully saturated rings. The average molecular weight is 358 g/mol.